The van der Waals surface area contributed by atoms with Gasteiger partial charge in [-0.05, 0) is 48.0 Å². The van der Waals surface area contributed by atoms with E-state index >= 15 is 0 Å². The Morgan fingerprint density at radius 3 is 2.36 bits per heavy atom. The first-order valence-electron chi connectivity index (χ1n) is 8.72. The Hall–Kier alpha value is -3.39. The second-order valence-corrected chi connectivity index (χ2v) is 6.34. The molecule has 2 saturated heterocycles. The number of carbonyl (C=O) groups excluding carboxylic acids is 2. The molecule has 4 rings (SSSR count). The molecule has 28 heavy (non-hydrogen) atoms. The molecule has 2 aliphatic heterocycles. The second kappa shape index (κ2) is 7.32. The molecular formula is C20H17FN2O5. The van der Waals surface area contributed by atoms with Crippen molar-refractivity contribution in [3.05, 3.63) is 59.6 Å². The first-order chi connectivity index (χ1) is 13.5. The van der Waals surface area contributed by atoms with Crippen molar-refractivity contribution >= 4 is 29.5 Å². The highest BCUT2D eigenvalue weighted by Gasteiger charge is 2.37. The van der Waals surface area contributed by atoms with Crippen LogP contribution >= 0.6 is 0 Å². The number of ether oxygens (including phenoxy) is 2. The number of anilines is 2. The average Bonchev–Trinajstić information content (AvgIpc) is 2.99. The van der Waals surface area contributed by atoms with Crippen molar-refractivity contribution in [3.63, 3.8) is 0 Å². The third-order valence-electron chi connectivity index (χ3n) is 4.55. The van der Waals surface area contributed by atoms with Crippen LogP contribution in [-0.4, -0.2) is 43.4 Å². The summed E-state index contributed by atoms with van der Waals surface area (Å²) in [5, 5.41) is 9.24. The number of hydrogen-bond acceptors (Lipinski definition) is 6. The molecule has 144 valence electrons. The van der Waals surface area contributed by atoms with E-state index in [1.54, 1.807) is 12.1 Å². The summed E-state index contributed by atoms with van der Waals surface area (Å²) in [6, 6.07) is 10.6. The van der Waals surface area contributed by atoms with Crippen molar-refractivity contribution in [1.29, 1.82) is 0 Å². The highest BCUT2D eigenvalue weighted by Crippen LogP contribution is 2.29. The molecule has 2 fully saturated rings. The van der Waals surface area contributed by atoms with Crippen molar-refractivity contribution in [2.75, 3.05) is 36.1 Å². The summed E-state index contributed by atoms with van der Waals surface area (Å²) >= 11 is 0. The molecule has 2 aliphatic rings. The Labute approximate surface area is 160 Å². The van der Waals surface area contributed by atoms with E-state index in [9.17, 15) is 19.1 Å². The molecular weight excluding hydrogens is 367 g/mol. The van der Waals surface area contributed by atoms with Gasteiger partial charge in [0.2, 0.25) is 0 Å². The van der Waals surface area contributed by atoms with Crippen LogP contribution in [0.15, 0.2) is 48.2 Å². The van der Waals surface area contributed by atoms with Gasteiger partial charge in [0.05, 0.1) is 18.9 Å². The number of morpholine rings is 1. The molecule has 0 aromatic heterocycles. The van der Waals surface area contributed by atoms with E-state index in [0.29, 0.717) is 18.9 Å². The molecule has 0 spiro atoms. The fraction of sp³-hybridized carbons (Fsp3) is 0.200. The van der Waals surface area contributed by atoms with Gasteiger partial charge in [-0.3, -0.25) is 4.79 Å². The fourth-order valence-electron chi connectivity index (χ4n) is 3.09. The number of phenols is 1. The number of rotatable bonds is 3. The molecule has 2 amide bonds. The monoisotopic (exact) mass is 384 g/mol. The van der Waals surface area contributed by atoms with Gasteiger partial charge in [-0.25, -0.2) is 14.1 Å². The van der Waals surface area contributed by atoms with Crippen LogP contribution in [0.2, 0.25) is 0 Å². The first-order valence-corrected chi connectivity index (χ1v) is 8.72. The van der Waals surface area contributed by atoms with Crippen LogP contribution in [0.1, 0.15) is 5.56 Å². The van der Waals surface area contributed by atoms with Crippen molar-refractivity contribution in [2.45, 2.75) is 0 Å². The Morgan fingerprint density at radius 2 is 1.68 bits per heavy atom. The topological polar surface area (TPSA) is 79.3 Å². The minimum Gasteiger partial charge on any atom is -0.505 e. The zero-order chi connectivity index (χ0) is 19.7. The number of imide groups is 1. The Bertz CT molecular complexity index is 952. The van der Waals surface area contributed by atoms with E-state index < -0.39 is 23.6 Å². The Morgan fingerprint density at radius 1 is 1.00 bits per heavy atom. The maximum Gasteiger partial charge on any atom is 0.427 e. The van der Waals surface area contributed by atoms with Crippen LogP contribution in [0.5, 0.6) is 5.75 Å². The number of halogens is 1. The van der Waals surface area contributed by atoms with Gasteiger partial charge in [0.15, 0.2) is 17.3 Å². The largest absolute Gasteiger partial charge is 0.505 e. The fourth-order valence-corrected chi connectivity index (χ4v) is 3.09. The highest BCUT2D eigenvalue weighted by molar-refractivity contribution is 6.24. The quantitative estimate of drug-likeness (QED) is 0.820. The number of benzene rings is 2. The van der Waals surface area contributed by atoms with Crippen molar-refractivity contribution in [3.8, 4) is 5.75 Å². The second-order valence-electron chi connectivity index (χ2n) is 6.34. The summed E-state index contributed by atoms with van der Waals surface area (Å²) in [5.41, 5.74) is 1.64. The summed E-state index contributed by atoms with van der Waals surface area (Å²) in [6.07, 6.45) is 0.430. The van der Waals surface area contributed by atoms with Crippen LogP contribution in [0.3, 0.4) is 0 Å². The van der Waals surface area contributed by atoms with Gasteiger partial charge in [-0.2, -0.15) is 0 Å². The number of nitrogens with zero attached hydrogens (tertiary/aromatic N) is 2. The SMILES string of the molecule is O=C1OC(=Cc2ccc(O)c(F)c2)C(=O)N1c1ccc(N2CCOCC2)cc1. The zero-order valence-corrected chi connectivity index (χ0v) is 14.8. The number of cyclic esters (lactones) is 1. The maximum absolute atomic E-state index is 13.5. The van der Waals surface area contributed by atoms with Gasteiger partial charge in [0, 0.05) is 18.8 Å². The lowest BCUT2D eigenvalue weighted by Gasteiger charge is -2.29. The molecule has 0 radical (unpaired) electrons. The normalized spacial score (nSPS) is 18.7. The van der Waals surface area contributed by atoms with Gasteiger partial charge in [0.25, 0.3) is 0 Å². The summed E-state index contributed by atoms with van der Waals surface area (Å²) in [6.45, 7) is 2.87. The van der Waals surface area contributed by atoms with Crippen LogP contribution in [-0.2, 0) is 14.3 Å². The number of hydrogen-bond donors (Lipinski definition) is 1. The summed E-state index contributed by atoms with van der Waals surface area (Å²) in [7, 11) is 0. The van der Waals surface area contributed by atoms with Crippen LogP contribution in [0, 0.1) is 5.82 Å². The summed E-state index contributed by atoms with van der Waals surface area (Å²) < 4.78 is 23.8. The molecule has 0 aliphatic carbocycles. The average molecular weight is 384 g/mol. The molecule has 2 aromatic carbocycles. The zero-order valence-electron chi connectivity index (χ0n) is 14.8. The highest BCUT2D eigenvalue weighted by atomic mass is 19.1. The van der Waals surface area contributed by atoms with E-state index in [1.807, 2.05) is 12.1 Å². The Balaban J connectivity index is 1.55. The molecule has 7 nitrogen and oxygen atoms in total. The number of phenolic OH excluding ortho intramolecular Hbond substituents is 1. The van der Waals surface area contributed by atoms with Gasteiger partial charge < -0.3 is 19.5 Å². The van der Waals surface area contributed by atoms with Crippen LogP contribution in [0.4, 0.5) is 20.6 Å². The minimum atomic E-state index is -0.832. The third-order valence-corrected chi connectivity index (χ3v) is 4.55. The van der Waals surface area contributed by atoms with E-state index in [-0.39, 0.29) is 11.3 Å². The lowest BCUT2D eigenvalue weighted by Crippen LogP contribution is -2.36. The van der Waals surface area contributed by atoms with Crippen molar-refractivity contribution < 1.29 is 28.6 Å². The Kier molecular flexibility index (Phi) is 4.70. The predicted molar refractivity (Wildman–Crippen MR) is 99.5 cm³/mol. The molecule has 0 bridgehead atoms. The van der Waals surface area contributed by atoms with E-state index in [1.165, 1.54) is 12.1 Å². The molecule has 0 atom stereocenters. The number of aromatic hydroxyl groups is 1. The van der Waals surface area contributed by atoms with Crippen LogP contribution < -0.4 is 9.80 Å². The van der Waals surface area contributed by atoms with E-state index in [2.05, 4.69) is 4.90 Å². The lowest BCUT2D eigenvalue weighted by molar-refractivity contribution is -0.114. The third kappa shape index (κ3) is 3.41. The van der Waals surface area contributed by atoms with Crippen LogP contribution in [0.25, 0.3) is 6.08 Å². The summed E-state index contributed by atoms with van der Waals surface area (Å²) in [5.74, 6) is -2.19. The minimum absolute atomic E-state index is 0.215. The number of amides is 2. The molecule has 0 saturated carbocycles. The van der Waals surface area contributed by atoms with E-state index in [0.717, 1.165) is 35.8 Å². The van der Waals surface area contributed by atoms with Gasteiger partial charge in [-0.1, -0.05) is 6.07 Å². The van der Waals surface area contributed by atoms with Crippen molar-refractivity contribution in [2.24, 2.45) is 0 Å². The molecule has 8 heteroatoms. The van der Waals surface area contributed by atoms with E-state index in [4.69, 9.17) is 9.47 Å². The molecule has 0 unspecified atom stereocenters. The van der Waals surface area contributed by atoms with Gasteiger partial charge >= 0.3 is 12.0 Å². The summed E-state index contributed by atoms with van der Waals surface area (Å²) in [4.78, 5) is 27.9. The van der Waals surface area contributed by atoms with Gasteiger partial charge in [0.1, 0.15) is 0 Å². The standard InChI is InChI=1S/C20H17FN2O5/c21-16-11-13(1-6-17(16)24)12-18-19(25)23(20(26)28-18)15-4-2-14(3-5-15)22-7-9-27-10-8-22/h1-6,11-12,24H,7-10H2. The van der Waals surface area contributed by atoms with Gasteiger partial charge in [-0.15, -0.1) is 0 Å². The predicted octanol–water partition coefficient (Wildman–Crippen LogP) is 2.89. The smallest absolute Gasteiger partial charge is 0.427 e. The molecule has 2 heterocycles. The molecule has 2 aromatic rings. The first kappa shape index (κ1) is 18.0. The maximum atomic E-state index is 13.5. The number of carbonyl (C=O) groups is 2. The molecule has 1 N–H and O–H groups in total. The van der Waals surface area contributed by atoms with Crippen molar-refractivity contribution in [1.82, 2.24) is 0 Å². The lowest BCUT2D eigenvalue weighted by atomic mass is 10.2.